The van der Waals surface area contributed by atoms with Gasteiger partial charge in [-0.05, 0) is 36.8 Å². The summed E-state index contributed by atoms with van der Waals surface area (Å²) < 4.78 is 26.2. The van der Waals surface area contributed by atoms with Crippen LogP contribution < -0.4 is 5.32 Å². The van der Waals surface area contributed by atoms with E-state index in [-0.39, 0.29) is 42.6 Å². The van der Waals surface area contributed by atoms with Gasteiger partial charge in [0.15, 0.2) is 0 Å². The molecule has 2 heterocycles. The minimum absolute atomic E-state index is 0. The molecule has 2 aliphatic rings. The summed E-state index contributed by atoms with van der Waals surface area (Å²) in [5.74, 6) is -2.03. The quantitative estimate of drug-likeness (QED) is 0.467. The maximum Gasteiger partial charge on any atom is 0.331 e. The Labute approximate surface area is 235 Å². The Hall–Kier alpha value is -2.76. The van der Waals surface area contributed by atoms with E-state index in [1.807, 2.05) is 43.6 Å². The summed E-state index contributed by atoms with van der Waals surface area (Å²) in [4.78, 5) is 25.5. The predicted molar refractivity (Wildman–Crippen MR) is 153 cm³/mol. The summed E-state index contributed by atoms with van der Waals surface area (Å²) in [6, 6.07) is 5.99. The van der Waals surface area contributed by atoms with E-state index in [2.05, 4.69) is 10.3 Å². The lowest BCUT2D eigenvalue weighted by Crippen LogP contribution is -2.46. The molecule has 1 aliphatic heterocycles. The second-order valence-corrected chi connectivity index (χ2v) is 11.0. The largest absolute Gasteiger partial charge is 0.481 e. The molecule has 208 valence electrons. The van der Waals surface area contributed by atoms with Gasteiger partial charge in [0.05, 0.1) is 11.2 Å². The van der Waals surface area contributed by atoms with Gasteiger partial charge in [0.2, 0.25) is 10.0 Å². The number of sulfonamides is 1. The molecule has 1 fully saturated rings. The van der Waals surface area contributed by atoms with E-state index in [1.165, 1.54) is 25.2 Å². The average molecular weight is 587 g/mol. The number of carboxylic acid groups (broad SMARTS) is 2. The van der Waals surface area contributed by atoms with Crippen molar-refractivity contribution in [3.8, 4) is 0 Å². The first-order valence-electron chi connectivity index (χ1n) is 11.6. The molecule has 1 atom stereocenters. The van der Waals surface area contributed by atoms with Crippen LogP contribution in [0.25, 0.3) is 16.8 Å². The van der Waals surface area contributed by atoms with E-state index < -0.39 is 27.4 Å². The Morgan fingerprint density at radius 2 is 1.84 bits per heavy atom. The van der Waals surface area contributed by atoms with Crippen molar-refractivity contribution >= 4 is 63.6 Å². The number of aliphatic carboxylic acids is 2. The molecule has 0 spiro atoms. The molecular formula is C26H33Cl2N3O6S. The highest BCUT2D eigenvalue weighted by Crippen LogP contribution is 2.31. The highest BCUT2D eigenvalue weighted by Gasteiger charge is 2.34. The van der Waals surface area contributed by atoms with Gasteiger partial charge in [-0.15, -0.1) is 24.8 Å². The van der Waals surface area contributed by atoms with Crippen molar-refractivity contribution < 1.29 is 28.2 Å². The van der Waals surface area contributed by atoms with E-state index in [0.29, 0.717) is 13.1 Å². The molecule has 38 heavy (non-hydrogen) atoms. The van der Waals surface area contributed by atoms with Crippen molar-refractivity contribution in [2.75, 3.05) is 31.9 Å². The van der Waals surface area contributed by atoms with Crippen LogP contribution in [0.1, 0.15) is 24.5 Å². The summed E-state index contributed by atoms with van der Waals surface area (Å²) in [5, 5.41) is 22.8. The fraction of sp³-hybridized carbons (Fsp3) is 0.346. The molecule has 12 heteroatoms. The summed E-state index contributed by atoms with van der Waals surface area (Å²) in [6.45, 7) is 6.06. The number of pyridine rings is 1. The van der Waals surface area contributed by atoms with Crippen LogP contribution in [0, 0.1) is 12.3 Å². The first-order valence-corrected chi connectivity index (χ1v) is 13.2. The van der Waals surface area contributed by atoms with Crippen LogP contribution in [0.2, 0.25) is 0 Å². The molecular weight excluding hydrogens is 553 g/mol. The molecule has 1 saturated heterocycles. The number of carboxylic acids is 2. The third-order valence-electron chi connectivity index (χ3n) is 6.16. The number of aromatic nitrogens is 1. The van der Waals surface area contributed by atoms with Crippen molar-refractivity contribution in [3.05, 3.63) is 71.6 Å². The number of carbonyl (C=O) groups is 2. The number of fused-ring (bicyclic) bond motifs is 1. The number of benzene rings is 1. The zero-order valence-corrected chi connectivity index (χ0v) is 23.6. The molecule has 2 aromatic rings. The molecule has 1 aromatic carbocycles. The minimum Gasteiger partial charge on any atom is -0.481 e. The maximum absolute atomic E-state index is 12.3. The van der Waals surface area contributed by atoms with Gasteiger partial charge < -0.3 is 15.5 Å². The molecule has 0 bridgehead atoms. The summed E-state index contributed by atoms with van der Waals surface area (Å²) in [6.07, 6.45) is 11.7. The number of halogens is 2. The molecule has 1 aliphatic carbocycles. The average Bonchev–Trinajstić information content (AvgIpc) is 2.85. The smallest absolute Gasteiger partial charge is 0.331 e. The first-order chi connectivity index (χ1) is 17.0. The number of hydrogen-bond acceptors (Lipinski definition) is 6. The lowest BCUT2D eigenvalue weighted by molar-refractivity contribution is -0.145. The summed E-state index contributed by atoms with van der Waals surface area (Å²) in [7, 11) is -3.22. The number of nitrogens with zero attached hydrogens (tertiary/aromatic N) is 2. The minimum atomic E-state index is -3.22. The van der Waals surface area contributed by atoms with Crippen molar-refractivity contribution in [2.24, 2.45) is 5.41 Å². The van der Waals surface area contributed by atoms with E-state index in [1.54, 1.807) is 10.4 Å². The third kappa shape index (κ3) is 8.37. The topological polar surface area (TPSA) is 137 Å². The van der Waals surface area contributed by atoms with Crippen molar-refractivity contribution in [2.45, 2.75) is 20.3 Å². The van der Waals surface area contributed by atoms with Crippen LogP contribution in [0.4, 0.5) is 0 Å². The van der Waals surface area contributed by atoms with Gasteiger partial charge in [-0.3, -0.25) is 9.78 Å². The summed E-state index contributed by atoms with van der Waals surface area (Å²) >= 11 is 0. The van der Waals surface area contributed by atoms with Gasteiger partial charge in [-0.2, -0.15) is 4.31 Å². The van der Waals surface area contributed by atoms with Gasteiger partial charge in [0.25, 0.3) is 0 Å². The van der Waals surface area contributed by atoms with Crippen LogP contribution in [-0.4, -0.2) is 71.8 Å². The predicted octanol–water partition coefficient (Wildman–Crippen LogP) is 3.68. The number of rotatable bonds is 6. The molecule has 1 unspecified atom stereocenters. The normalized spacial score (nSPS) is 19.5. The Balaban J connectivity index is 0.000000415. The SMILES string of the molecule is CC1(C(=O)O)C=CC=C(C(=O)O)C1.Cc1cncc2cccc(C=CCS(=O)(=O)N3CCNCC3)c12.Cl.Cl. The Morgan fingerprint density at radius 1 is 1.16 bits per heavy atom. The van der Waals surface area contributed by atoms with Gasteiger partial charge in [-0.1, -0.05) is 48.6 Å². The standard InChI is InChI=1S/C17H21N3O2S.C9H10O4.2ClH/c1-14-12-19-13-16-5-2-4-15(17(14)16)6-3-11-23(21,22)20-9-7-18-8-10-20;1-9(8(12)13)4-2-3-6(5-9)7(10)11;;/h2-6,12-13,18H,7-11H2,1H3;2-4H,5H2,1H3,(H,10,11)(H,12,13);2*1H. The second kappa shape index (κ2) is 14.4. The Kier molecular flexibility index (Phi) is 12.6. The lowest BCUT2D eigenvalue weighted by Gasteiger charge is -2.26. The van der Waals surface area contributed by atoms with Crippen LogP contribution in [-0.2, 0) is 19.6 Å². The number of aryl methyl sites for hydroxylation is 1. The number of hydrogen-bond donors (Lipinski definition) is 3. The molecule has 4 rings (SSSR count). The van der Waals surface area contributed by atoms with E-state index in [0.717, 1.165) is 35.0 Å². The first kappa shape index (κ1) is 33.3. The number of allylic oxidation sites excluding steroid dienone is 2. The van der Waals surface area contributed by atoms with Crippen LogP contribution in [0.15, 0.2) is 60.5 Å². The lowest BCUT2D eigenvalue weighted by atomic mass is 9.80. The van der Waals surface area contributed by atoms with Crippen molar-refractivity contribution in [1.82, 2.24) is 14.6 Å². The van der Waals surface area contributed by atoms with Gasteiger partial charge in [0, 0.05) is 49.5 Å². The Bertz CT molecular complexity index is 1330. The van der Waals surface area contributed by atoms with Crippen LogP contribution in [0.5, 0.6) is 0 Å². The van der Waals surface area contributed by atoms with Gasteiger partial charge in [-0.25, -0.2) is 13.2 Å². The highest BCUT2D eigenvalue weighted by molar-refractivity contribution is 7.89. The molecule has 9 nitrogen and oxygen atoms in total. The third-order valence-corrected chi connectivity index (χ3v) is 7.93. The monoisotopic (exact) mass is 585 g/mol. The fourth-order valence-electron chi connectivity index (χ4n) is 4.09. The molecule has 0 amide bonds. The van der Waals surface area contributed by atoms with E-state index in [4.69, 9.17) is 10.2 Å². The van der Waals surface area contributed by atoms with E-state index >= 15 is 0 Å². The molecule has 0 radical (unpaired) electrons. The maximum atomic E-state index is 12.3. The van der Waals surface area contributed by atoms with Gasteiger partial charge in [0.1, 0.15) is 0 Å². The van der Waals surface area contributed by atoms with E-state index in [9.17, 15) is 18.0 Å². The molecule has 1 aromatic heterocycles. The zero-order chi connectivity index (χ0) is 26.3. The van der Waals surface area contributed by atoms with Crippen molar-refractivity contribution in [3.63, 3.8) is 0 Å². The van der Waals surface area contributed by atoms with Crippen LogP contribution in [0.3, 0.4) is 0 Å². The van der Waals surface area contributed by atoms with Crippen molar-refractivity contribution in [1.29, 1.82) is 0 Å². The highest BCUT2D eigenvalue weighted by atomic mass is 35.5. The number of piperazine rings is 1. The van der Waals surface area contributed by atoms with Gasteiger partial charge >= 0.3 is 11.9 Å². The second-order valence-electron chi connectivity index (χ2n) is 8.99. The zero-order valence-electron chi connectivity index (χ0n) is 21.2. The molecule has 3 N–H and O–H groups in total. The Morgan fingerprint density at radius 3 is 2.47 bits per heavy atom. The van der Waals surface area contributed by atoms with Crippen LogP contribution >= 0.6 is 24.8 Å². The number of nitrogens with one attached hydrogen (secondary N) is 1. The fourth-order valence-corrected chi connectivity index (χ4v) is 5.38. The summed E-state index contributed by atoms with van der Waals surface area (Å²) in [5.41, 5.74) is 1.17. The molecule has 0 saturated carbocycles.